The first-order chi connectivity index (χ1) is 11.3. The molecule has 0 unspecified atom stereocenters. The van der Waals surface area contributed by atoms with Gasteiger partial charge in [0, 0.05) is 6.54 Å². The second-order valence-corrected chi connectivity index (χ2v) is 5.64. The lowest BCUT2D eigenvalue weighted by atomic mass is 10.2. The van der Waals surface area contributed by atoms with Crippen LogP contribution >= 0.6 is 11.6 Å². The molecule has 1 aromatic carbocycles. The molecular weight excluding hydrogens is 334 g/mol. The van der Waals surface area contributed by atoms with Crippen molar-refractivity contribution in [3.63, 3.8) is 0 Å². The summed E-state index contributed by atoms with van der Waals surface area (Å²) in [6, 6.07) is 2.87. The van der Waals surface area contributed by atoms with Crippen LogP contribution in [0.4, 0.5) is 0 Å². The Hall–Kier alpha value is -2.21. The molecule has 0 saturated heterocycles. The number of esters is 1. The van der Waals surface area contributed by atoms with Gasteiger partial charge in [-0.2, -0.15) is 0 Å². The largest absolute Gasteiger partial charge is 0.493 e. The molecule has 1 atom stereocenters. The van der Waals surface area contributed by atoms with Gasteiger partial charge in [-0.25, -0.2) is 4.79 Å². The predicted octanol–water partition coefficient (Wildman–Crippen LogP) is 2.98. The predicted molar refractivity (Wildman–Crippen MR) is 91.9 cm³/mol. The third-order valence-electron chi connectivity index (χ3n) is 2.89. The van der Waals surface area contributed by atoms with Gasteiger partial charge in [-0.1, -0.05) is 17.7 Å². The molecule has 0 bridgehead atoms. The number of carbonyl (C=O) groups excluding carboxylic acids is 2. The zero-order valence-electron chi connectivity index (χ0n) is 14.2. The average Bonchev–Trinajstić information content (AvgIpc) is 2.53. The summed E-state index contributed by atoms with van der Waals surface area (Å²) in [4.78, 5) is 23.9. The molecule has 0 spiro atoms. The van der Waals surface area contributed by atoms with Crippen molar-refractivity contribution in [3.05, 3.63) is 35.4 Å². The standard InChI is InChI=1S/C17H22ClNO5/c1-6-7-19-16(20)11(4)24-17(21)12-8-13(18)15(23-10(2)3)14(9-12)22-5/h6,8-11H,1,7H2,2-5H3,(H,19,20)/t11-/m1/s1. The molecule has 0 aliphatic heterocycles. The third-order valence-corrected chi connectivity index (χ3v) is 3.17. The Labute approximate surface area is 146 Å². The van der Waals surface area contributed by atoms with Crippen molar-refractivity contribution >= 4 is 23.5 Å². The fourth-order valence-corrected chi connectivity index (χ4v) is 2.04. The van der Waals surface area contributed by atoms with Gasteiger partial charge in [-0.05, 0) is 32.9 Å². The zero-order chi connectivity index (χ0) is 18.3. The number of ether oxygens (including phenoxy) is 3. The molecule has 6 nitrogen and oxygen atoms in total. The monoisotopic (exact) mass is 355 g/mol. The molecular formula is C17H22ClNO5. The number of hydrogen-bond acceptors (Lipinski definition) is 5. The van der Waals surface area contributed by atoms with Crippen molar-refractivity contribution in [2.24, 2.45) is 0 Å². The van der Waals surface area contributed by atoms with Gasteiger partial charge >= 0.3 is 5.97 Å². The van der Waals surface area contributed by atoms with Gasteiger partial charge in [-0.3, -0.25) is 4.79 Å². The summed E-state index contributed by atoms with van der Waals surface area (Å²) >= 11 is 6.17. The van der Waals surface area contributed by atoms with Crippen LogP contribution in [0.15, 0.2) is 24.8 Å². The van der Waals surface area contributed by atoms with E-state index >= 15 is 0 Å². The van der Waals surface area contributed by atoms with Gasteiger partial charge < -0.3 is 19.5 Å². The number of rotatable bonds is 8. The molecule has 1 rings (SSSR count). The summed E-state index contributed by atoms with van der Waals surface area (Å²) in [5, 5.41) is 2.77. The first-order valence-electron chi connectivity index (χ1n) is 7.43. The highest BCUT2D eigenvalue weighted by molar-refractivity contribution is 6.32. The molecule has 0 radical (unpaired) electrons. The lowest BCUT2D eigenvalue weighted by Crippen LogP contribution is -2.35. The molecule has 1 N–H and O–H groups in total. The summed E-state index contributed by atoms with van der Waals surface area (Å²) in [5.74, 6) is -0.442. The average molecular weight is 356 g/mol. The molecule has 0 aliphatic rings. The Kier molecular flexibility index (Phi) is 7.58. The van der Waals surface area contributed by atoms with Gasteiger partial charge in [0.15, 0.2) is 17.6 Å². The number of hydrogen-bond donors (Lipinski definition) is 1. The van der Waals surface area contributed by atoms with Crippen LogP contribution in [0.5, 0.6) is 11.5 Å². The first-order valence-corrected chi connectivity index (χ1v) is 7.81. The van der Waals surface area contributed by atoms with Gasteiger partial charge in [-0.15, -0.1) is 6.58 Å². The van der Waals surface area contributed by atoms with E-state index in [0.29, 0.717) is 18.0 Å². The Morgan fingerprint density at radius 1 is 1.33 bits per heavy atom. The van der Waals surface area contributed by atoms with E-state index in [1.54, 1.807) is 0 Å². The van der Waals surface area contributed by atoms with E-state index in [0.717, 1.165) is 0 Å². The van der Waals surface area contributed by atoms with Crippen molar-refractivity contribution in [3.8, 4) is 11.5 Å². The lowest BCUT2D eigenvalue weighted by Gasteiger charge is -2.17. The SMILES string of the molecule is C=CCNC(=O)[C@@H](C)OC(=O)c1cc(Cl)c(OC(C)C)c(OC)c1. The molecule has 0 aliphatic carbocycles. The van der Waals surface area contributed by atoms with E-state index in [2.05, 4.69) is 11.9 Å². The smallest absolute Gasteiger partial charge is 0.339 e. The fraction of sp³-hybridized carbons (Fsp3) is 0.412. The van der Waals surface area contributed by atoms with Crippen molar-refractivity contribution < 1.29 is 23.8 Å². The van der Waals surface area contributed by atoms with Crippen LogP contribution in [-0.2, 0) is 9.53 Å². The zero-order valence-corrected chi connectivity index (χ0v) is 15.0. The van der Waals surface area contributed by atoms with Crippen LogP contribution in [0.3, 0.4) is 0 Å². The maximum absolute atomic E-state index is 12.2. The summed E-state index contributed by atoms with van der Waals surface area (Å²) < 4.78 is 15.9. The fourth-order valence-electron chi connectivity index (χ4n) is 1.79. The summed E-state index contributed by atoms with van der Waals surface area (Å²) in [5.41, 5.74) is 0.163. The molecule has 24 heavy (non-hydrogen) atoms. The van der Waals surface area contributed by atoms with Gasteiger partial charge in [0.25, 0.3) is 5.91 Å². The molecule has 1 aromatic rings. The van der Waals surface area contributed by atoms with Crippen molar-refractivity contribution in [2.45, 2.75) is 33.0 Å². The summed E-state index contributed by atoms with van der Waals surface area (Å²) in [6.45, 7) is 8.96. The highest BCUT2D eigenvalue weighted by Crippen LogP contribution is 2.37. The van der Waals surface area contributed by atoms with Crippen LogP contribution in [0.1, 0.15) is 31.1 Å². The van der Waals surface area contributed by atoms with E-state index in [4.69, 9.17) is 25.8 Å². The molecule has 7 heteroatoms. The van der Waals surface area contributed by atoms with Crippen LogP contribution in [0, 0.1) is 0 Å². The topological polar surface area (TPSA) is 73.9 Å². The molecule has 0 aromatic heterocycles. The molecule has 0 heterocycles. The van der Waals surface area contributed by atoms with Crippen molar-refractivity contribution in [1.29, 1.82) is 0 Å². The first kappa shape index (κ1) is 19.8. The number of amides is 1. The Morgan fingerprint density at radius 3 is 2.54 bits per heavy atom. The van der Waals surface area contributed by atoms with E-state index in [-0.39, 0.29) is 16.7 Å². The molecule has 0 fully saturated rings. The Balaban J connectivity index is 2.93. The summed E-state index contributed by atoms with van der Waals surface area (Å²) in [7, 11) is 1.44. The lowest BCUT2D eigenvalue weighted by molar-refractivity contribution is -0.128. The number of benzene rings is 1. The van der Waals surface area contributed by atoms with E-state index in [1.165, 1.54) is 32.2 Å². The molecule has 0 saturated carbocycles. The minimum absolute atomic E-state index is 0.109. The third kappa shape index (κ3) is 5.45. The van der Waals surface area contributed by atoms with E-state index in [1.807, 2.05) is 13.8 Å². The summed E-state index contributed by atoms with van der Waals surface area (Å²) in [6.07, 6.45) is 0.474. The van der Waals surface area contributed by atoms with E-state index < -0.39 is 18.0 Å². The van der Waals surface area contributed by atoms with E-state index in [9.17, 15) is 9.59 Å². The van der Waals surface area contributed by atoms with Crippen LogP contribution < -0.4 is 14.8 Å². The van der Waals surface area contributed by atoms with Gasteiger partial charge in [0.05, 0.1) is 23.8 Å². The van der Waals surface area contributed by atoms with Gasteiger partial charge in [0.2, 0.25) is 0 Å². The maximum Gasteiger partial charge on any atom is 0.339 e. The van der Waals surface area contributed by atoms with Gasteiger partial charge in [0.1, 0.15) is 0 Å². The highest BCUT2D eigenvalue weighted by Gasteiger charge is 2.21. The van der Waals surface area contributed by atoms with Crippen LogP contribution in [0.25, 0.3) is 0 Å². The second-order valence-electron chi connectivity index (χ2n) is 5.24. The van der Waals surface area contributed by atoms with Crippen molar-refractivity contribution in [1.82, 2.24) is 5.32 Å². The highest BCUT2D eigenvalue weighted by atomic mass is 35.5. The number of nitrogens with one attached hydrogen (secondary N) is 1. The molecule has 132 valence electrons. The maximum atomic E-state index is 12.2. The molecule has 1 amide bonds. The minimum atomic E-state index is -0.950. The minimum Gasteiger partial charge on any atom is -0.493 e. The number of methoxy groups -OCH3 is 1. The Morgan fingerprint density at radius 2 is 2.00 bits per heavy atom. The number of halogens is 1. The number of carbonyl (C=O) groups is 2. The second kappa shape index (κ2) is 9.17. The van der Waals surface area contributed by atoms with Crippen LogP contribution in [-0.4, -0.2) is 37.7 Å². The van der Waals surface area contributed by atoms with Crippen molar-refractivity contribution in [2.75, 3.05) is 13.7 Å². The van der Waals surface area contributed by atoms with Crippen LogP contribution in [0.2, 0.25) is 5.02 Å². The normalized spacial score (nSPS) is 11.6. The Bertz CT molecular complexity index is 615. The quantitative estimate of drug-likeness (QED) is 0.573.